The molecule has 2 aliphatic heterocycles. The zero-order valence-electron chi connectivity index (χ0n) is 5.44. The van der Waals surface area contributed by atoms with E-state index in [-0.39, 0.29) is 0 Å². The molecule has 2 saturated heterocycles. The van der Waals surface area contributed by atoms with E-state index in [0.717, 1.165) is 16.0 Å². The van der Waals surface area contributed by atoms with Gasteiger partial charge >= 0.3 is 0 Å². The zero-order chi connectivity index (χ0) is 6.27. The van der Waals surface area contributed by atoms with Gasteiger partial charge in [0.2, 0.25) is 0 Å². The van der Waals surface area contributed by atoms with Gasteiger partial charge in [0.25, 0.3) is 0 Å². The van der Waals surface area contributed by atoms with E-state index in [9.17, 15) is 0 Å². The van der Waals surface area contributed by atoms with Gasteiger partial charge in [-0.1, -0.05) is 22.6 Å². The number of fused-ring (bicyclic) bond motifs is 2. The molecule has 3 atom stereocenters. The van der Waals surface area contributed by atoms with Crippen LogP contribution in [0.3, 0.4) is 0 Å². The smallest absolute Gasteiger partial charge is 0.0139 e. The van der Waals surface area contributed by atoms with Crippen LogP contribution >= 0.6 is 22.6 Å². The Hall–Kier alpha value is 0.690. The van der Waals surface area contributed by atoms with Gasteiger partial charge in [-0.2, -0.15) is 0 Å². The summed E-state index contributed by atoms with van der Waals surface area (Å²) in [5, 5.41) is 3.62. The molecule has 0 aromatic carbocycles. The topological polar surface area (TPSA) is 12.0 Å². The number of rotatable bonds is 0. The van der Waals surface area contributed by atoms with Crippen LogP contribution in [0.1, 0.15) is 25.7 Å². The quantitative estimate of drug-likeness (QED) is 0.499. The van der Waals surface area contributed by atoms with E-state index >= 15 is 0 Å². The third kappa shape index (κ3) is 1.24. The molecule has 2 bridgehead atoms. The summed E-state index contributed by atoms with van der Waals surface area (Å²) in [4.78, 5) is 0. The average Bonchev–Trinajstić information content (AvgIpc) is 2.11. The molecule has 9 heavy (non-hydrogen) atoms. The molecular formula is C7H12IN. The van der Waals surface area contributed by atoms with Gasteiger partial charge in [0, 0.05) is 16.0 Å². The molecule has 2 fully saturated rings. The number of hydrogen-bond donors (Lipinski definition) is 1. The van der Waals surface area contributed by atoms with Crippen molar-refractivity contribution < 1.29 is 0 Å². The van der Waals surface area contributed by atoms with Gasteiger partial charge < -0.3 is 5.32 Å². The van der Waals surface area contributed by atoms with Crippen molar-refractivity contribution in [3.05, 3.63) is 0 Å². The van der Waals surface area contributed by atoms with Crippen molar-refractivity contribution >= 4 is 22.6 Å². The number of alkyl halides is 1. The minimum atomic E-state index is 0.880. The second-order valence-electron chi connectivity index (χ2n) is 3.21. The molecule has 52 valence electrons. The highest BCUT2D eigenvalue weighted by Gasteiger charge is 2.31. The van der Waals surface area contributed by atoms with Crippen LogP contribution in [0.5, 0.6) is 0 Å². The Bertz CT molecular complexity index is 103. The molecule has 2 heterocycles. The first-order valence-electron chi connectivity index (χ1n) is 3.75. The monoisotopic (exact) mass is 237 g/mol. The lowest BCUT2D eigenvalue weighted by atomic mass is 10.1. The Morgan fingerprint density at radius 1 is 1.11 bits per heavy atom. The molecule has 2 aliphatic rings. The van der Waals surface area contributed by atoms with E-state index in [0.29, 0.717) is 0 Å². The van der Waals surface area contributed by atoms with Crippen LogP contribution < -0.4 is 5.32 Å². The van der Waals surface area contributed by atoms with Gasteiger partial charge in [-0.05, 0) is 25.7 Å². The van der Waals surface area contributed by atoms with Crippen molar-refractivity contribution in [2.24, 2.45) is 0 Å². The molecule has 0 aliphatic carbocycles. The molecule has 2 heteroatoms. The Balaban J connectivity index is 2.03. The summed E-state index contributed by atoms with van der Waals surface area (Å²) in [5.74, 6) is 0. The highest BCUT2D eigenvalue weighted by atomic mass is 127. The minimum Gasteiger partial charge on any atom is -0.311 e. The Labute approximate surface area is 69.7 Å². The molecule has 0 spiro atoms. The van der Waals surface area contributed by atoms with E-state index in [1.807, 2.05) is 0 Å². The standard InChI is InChI=1S/C7H12IN/c8-5-3-6-1-2-7(4-5)9-6/h5-7,9H,1-4H2/t5?,6-,7+. The summed E-state index contributed by atoms with van der Waals surface area (Å²) >= 11 is 2.59. The normalized spacial score (nSPS) is 49.7. The molecule has 0 radical (unpaired) electrons. The number of halogens is 1. The fourth-order valence-corrected chi connectivity index (χ4v) is 3.22. The Kier molecular flexibility index (Phi) is 1.69. The van der Waals surface area contributed by atoms with Crippen LogP contribution in [0.2, 0.25) is 0 Å². The van der Waals surface area contributed by atoms with Crippen molar-refractivity contribution in [2.45, 2.75) is 41.7 Å². The maximum absolute atomic E-state index is 3.62. The fourth-order valence-electron chi connectivity index (χ4n) is 1.99. The lowest BCUT2D eigenvalue weighted by Crippen LogP contribution is -2.38. The Morgan fingerprint density at radius 3 is 2.22 bits per heavy atom. The maximum atomic E-state index is 3.62. The predicted molar refractivity (Wildman–Crippen MR) is 47.0 cm³/mol. The molecule has 1 nitrogen and oxygen atoms in total. The van der Waals surface area contributed by atoms with E-state index in [1.165, 1.54) is 25.7 Å². The van der Waals surface area contributed by atoms with Crippen molar-refractivity contribution in [3.8, 4) is 0 Å². The van der Waals surface area contributed by atoms with E-state index in [4.69, 9.17) is 0 Å². The number of nitrogens with one attached hydrogen (secondary N) is 1. The second kappa shape index (κ2) is 2.38. The van der Waals surface area contributed by atoms with Gasteiger partial charge in [0.05, 0.1) is 0 Å². The second-order valence-corrected chi connectivity index (χ2v) is 4.97. The van der Waals surface area contributed by atoms with E-state index in [1.54, 1.807) is 0 Å². The van der Waals surface area contributed by atoms with Crippen LogP contribution in [0.4, 0.5) is 0 Å². The number of hydrogen-bond acceptors (Lipinski definition) is 1. The van der Waals surface area contributed by atoms with Gasteiger partial charge in [0.15, 0.2) is 0 Å². The summed E-state index contributed by atoms with van der Waals surface area (Å²) in [6.07, 6.45) is 5.70. The summed E-state index contributed by atoms with van der Waals surface area (Å²) < 4.78 is 0.960. The molecule has 1 unspecified atom stereocenters. The highest BCUT2D eigenvalue weighted by Crippen LogP contribution is 2.30. The average molecular weight is 237 g/mol. The molecule has 2 rings (SSSR count). The first-order chi connectivity index (χ1) is 4.34. The summed E-state index contributed by atoms with van der Waals surface area (Å²) in [6, 6.07) is 1.76. The SMILES string of the molecule is IC1C[C@H]2CC[C@@H](C1)N2. The van der Waals surface area contributed by atoms with Crippen LogP contribution in [0.15, 0.2) is 0 Å². The first kappa shape index (κ1) is 6.40. The van der Waals surface area contributed by atoms with Gasteiger partial charge in [-0.25, -0.2) is 0 Å². The number of piperidine rings is 1. The molecular weight excluding hydrogens is 225 g/mol. The minimum absolute atomic E-state index is 0.880. The van der Waals surface area contributed by atoms with Crippen molar-refractivity contribution in [1.29, 1.82) is 0 Å². The lowest BCUT2D eigenvalue weighted by Gasteiger charge is -2.24. The largest absolute Gasteiger partial charge is 0.311 e. The molecule has 0 aromatic heterocycles. The molecule has 0 amide bonds. The predicted octanol–water partition coefficient (Wildman–Crippen LogP) is 1.70. The van der Waals surface area contributed by atoms with Crippen molar-refractivity contribution in [1.82, 2.24) is 5.32 Å². The van der Waals surface area contributed by atoms with Crippen molar-refractivity contribution in [2.75, 3.05) is 0 Å². The van der Waals surface area contributed by atoms with E-state index in [2.05, 4.69) is 27.9 Å². The molecule has 1 N–H and O–H groups in total. The van der Waals surface area contributed by atoms with Gasteiger partial charge in [-0.15, -0.1) is 0 Å². The van der Waals surface area contributed by atoms with Gasteiger partial charge in [-0.3, -0.25) is 0 Å². The van der Waals surface area contributed by atoms with Crippen LogP contribution in [-0.4, -0.2) is 16.0 Å². The third-order valence-electron chi connectivity index (χ3n) is 2.42. The van der Waals surface area contributed by atoms with Crippen LogP contribution in [-0.2, 0) is 0 Å². The van der Waals surface area contributed by atoms with Crippen LogP contribution in [0, 0.1) is 0 Å². The van der Waals surface area contributed by atoms with Gasteiger partial charge in [0.1, 0.15) is 0 Å². The first-order valence-corrected chi connectivity index (χ1v) is 4.99. The summed E-state index contributed by atoms with van der Waals surface area (Å²) in [5.41, 5.74) is 0. The van der Waals surface area contributed by atoms with Crippen molar-refractivity contribution in [3.63, 3.8) is 0 Å². The zero-order valence-corrected chi connectivity index (χ0v) is 7.60. The molecule has 0 aromatic rings. The third-order valence-corrected chi connectivity index (χ3v) is 3.43. The lowest BCUT2D eigenvalue weighted by molar-refractivity contribution is 0.423. The fraction of sp³-hybridized carbons (Fsp3) is 1.00. The highest BCUT2D eigenvalue weighted by molar-refractivity contribution is 14.1. The maximum Gasteiger partial charge on any atom is 0.0139 e. The summed E-state index contributed by atoms with van der Waals surface area (Å²) in [7, 11) is 0. The Morgan fingerprint density at radius 2 is 1.67 bits per heavy atom. The van der Waals surface area contributed by atoms with E-state index < -0.39 is 0 Å². The van der Waals surface area contributed by atoms with Crippen LogP contribution in [0.25, 0.3) is 0 Å². The molecule has 0 saturated carbocycles. The summed E-state index contributed by atoms with van der Waals surface area (Å²) in [6.45, 7) is 0.